The van der Waals surface area contributed by atoms with E-state index >= 15 is 0 Å². The van der Waals surface area contributed by atoms with Crippen LogP contribution in [0.5, 0.6) is 0 Å². The highest BCUT2D eigenvalue weighted by Gasteiger charge is 2.27. The highest BCUT2D eigenvalue weighted by Crippen LogP contribution is 2.21. The number of carbonyl (C=O) groups is 3. The summed E-state index contributed by atoms with van der Waals surface area (Å²) in [7, 11) is -3.70. The SMILES string of the molecule is O=C(CCNC(=O)c1ccc(F)cc1F)NNC(=O)c1cccc(S(=O)(=O)N2CCCC2)c1. The Labute approximate surface area is 189 Å². The fourth-order valence-corrected chi connectivity index (χ4v) is 4.76. The fraction of sp³-hybridized carbons (Fsp3) is 0.286. The quantitative estimate of drug-likeness (QED) is 0.516. The van der Waals surface area contributed by atoms with Crippen LogP contribution in [-0.4, -0.2) is 50.1 Å². The van der Waals surface area contributed by atoms with E-state index in [9.17, 15) is 31.6 Å². The van der Waals surface area contributed by atoms with Gasteiger partial charge in [-0.05, 0) is 43.2 Å². The third-order valence-electron chi connectivity index (χ3n) is 4.93. The van der Waals surface area contributed by atoms with Crippen LogP contribution in [0.1, 0.15) is 40.0 Å². The van der Waals surface area contributed by atoms with Gasteiger partial charge in [0.1, 0.15) is 11.6 Å². The number of benzene rings is 2. The molecule has 3 amide bonds. The third kappa shape index (κ3) is 6.11. The van der Waals surface area contributed by atoms with E-state index in [1.807, 2.05) is 0 Å². The number of nitrogens with one attached hydrogen (secondary N) is 3. The van der Waals surface area contributed by atoms with Crippen molar-refractivity contribution in [3.8, 4) is 0 Å². The van der Waals surface area contributed by atoms with Gasteiger partial charge in [-0.15, -0.1) is 0 Å². The molecule has 1 aliphatic rings. The Hall–Kier alpha value is -3.38. The van der Waals surface area contributed by atoms with Gasteiger partial charge in [0.2, 0.25) is 15.9 Å². The van der Waals surface area contributed by atoms with Crippen molar-refractivity contribution in [3.63, 3.8) is 0 Å². The molecule has 0 saturated carbocycles. The number of hydrogen-bond donors (Lipinski definition) is 3. The molecular weight excluding hydrogens is 458 g/mol. The Kier molecular flexibility index (Phi) is 7.71. The Bertz CT molecular complexity index is 1170. The summed E-state index contributed by atoms with van der Waals surface area (Å²) in [6.45, 7) is 0.694. The monoisotopic (exact) mass is 480 g/mol. The molecule has 0 radical (unpaired) electrons. The minimum atomic E-state index is -3.70. The van der Waals surface area contributed by atoms with Crippen molar-refractivity contribution in [2.75, 3.05) is 19.6 Å². The van der Waals surface area contributed by atoms with Gasteiger partial charge in [0.15, 0.2) is 0 Å². The zero-order valence-electron chi connectivity index (χ0n) is 17.4. The highest BCUT2D eigenvalue weighted by atomic mass is 32.2. The van der Waals surface area contributed by atoms with E-state index in [2.05, 4.69) is 16.2 Å². The first-order valence-corrected chi connectivity index (χ1v) is 11.5. The number of hydrogen-bond acceptors (Lipinski definition) is 5. The number of sulfonamides is 1. The number of hydrazine groups is 1. The van der Waals surface area contributed by atoms with Gasteiger partial charge in [0, 0.05) is 37.7 Å². The molecule has 0 atom stereocenters. The Morgan fingerprint density at radius 1 is 0.939 bits per heavy atom. The predicted octanol–water partition coefficient (Wildman–Crippen LogP) is 1.33. The molecule has 0 bridgehead atoms. The van der Waals surface area contributed by atoms with Gasteiger partial charge in [0.25, 0.3) is 11.8 Å². The van der Waals surface area contributed by atoms with E-state index < -0.39 is 39.4 Å². The fourth-order valence-electron chi connectivity index (χ4n) is 3.19. The average molecular weight is 480 g/mol. The minimum absolute atomic E-state index is 0.0147. The summed E-state index contributed by atoms with van der Waals surface area (Å²) in [5.41, 5.74) is 3.99. The predicted molar refractivity (Wildman–Crippen MR) is 113 cm³/mol. The molecule has 1 saturated heterocycles. The van der Waals surface area contributed by atoms with Crippen molar-refractivity contribution in [3.05, 3.63) is 65.2 Å². The molecule has 3 rings (SSSR count). The summed E-state index contributed by atoms with van der Waals surface area (Å²) in [5, 5.41) is 2.31. The van der Waals surface area contributed by atoms with Crippen molar-refractivity contribution in [1.82, 2.24) is 20.5 Å². The molecule has 0 aromatic heterocycles. The second-order valence-electron chi connectivity index (χ2n) is 7.27. The van der Waals surface area contributed by atoms with Crippen LogP contribution >= 0.6 is 0 Å². The molecular formula is C21H22F2N4O5S. The van der Waals surface area contributed by atoms with Crippen molar-refractivity contribution in [1.29, 1.82) is 0 Å². The lowest BCUT2D eigenvalue weighted by atomic mass is 10.2. The molecule has 0 unspecified atom stereocenters. The van der Waals surface area contributed by atoms with E-state index in [4.69, 9.17) is 0 Å². The van der Waals surface area contributed by atoms with Crippen molar-refractivity contribution < 1.29 is 31.6 Å². The normalized spacial score (nSPS) is 14.0. The van der Waals surface area contributed by atoms with E-state index in [1.54, 1.807) is 0 Å². The van der Waals surface area contributed by atoms with Crippen LogP contribution < -0.4 is 16.2 Å². The maximum absolute atomic E-state index is 13.6. The Balaban J connectivity index is 1.48. The Morgan fingerprint density at radius 3 is 2.36 bits per heavy atom. The smallest absolute Gasteiger partial charge is 0.269 e. The standard InChI is InChI=1S/C21H22F2N4O5S/c22-15-6-7-17(18(23)13-15)21(30)24-9-8-19(28)25-26-20(29)14-4-3-5-16(12-14)33(31,32)27-10-1-2-11-27/h3-7,12-13H,1-2,8-11H2,(H,24,30)(H,25,28)(H,26,29). The zero-order valence-corrected chi connectivity index (χ0v) is 18.3. The van der Waals surface area contributed by atoms with Gasteiger partial charge in [0.05, 0.1) is 10.5 Å². The molecule has 176 valence electrons. The van der Waals surface area contributed by atoms with Crippen LogP contribution in [0.15, 0.2) is 47.4 Å². The lowest BCUT2D eigenvalue weighted by Crippen LogP contribution is -2.43. The van der Waals surface area contributed by atoms with Crippen LogP contribution in [0.2, 0.25) is 0 Å². The molecule has 0 spiro atoms. The molecule has 2 aromatic rings. The summed E-state index contributed by atoms with van der Waals surface area (Å²) in [6.07, 6.45) is 1.33. The molecule has 9 nitrogen and oxygen atoms in total. The summed E-state index contributed by atoms with van der Waals surface area (Å²) in [4.78, 5) is 36.1. The topological polar surface area (TPSA) is 125 Å². The molecule has 1 heterocycles. The zero-order chi connectivity index (χ0) is 24.0. The van der Waals surface area contributed by atoms with Crippen LogP contribution in [0.25, 0.3) is 0 Å². The van der Waals surface area contributed by atoms with Crippen molar-refractivity contribution in [2.24, 2.45) is 0 Å². The van der Waals surface area contributed by atoms with Crippen molar-refractivity contribution in [2.45, 2.75) is 24.2 Å². The minimum Gasteiger partial charge on any atom is -0.351 e. The lowest BCUT2D eigenvalue weighted by Gasteiger charge is -2.16. The highest BCUT2D eigenvalue weighted by molar-refractivity contribution is 7.89. The first-order chi connectivity index (χ1) is 15.7. The maximum Gasteiger partial charge on any atom is 0.269 e. The maximum atomic E-state index is 13.6. The van der Waals surface area contributed by atoms with Gasteiger partial charge in [-0.3, -0.25) is 25.2 Å². The molecule has 12 heteroatoms. The lowest BCUT2D eigenvalue weighted by molar-refractivity contribution is -0.121. The van der Waals surface area contributed by atoms with Crippen molar-refractivity contribution >= 4 is 27.7 Å². The largest absolute Gasteiger partial charge is 0.351 e. The second-order valence-corrected chi connectivity index (χ2v) is 9.21. The number of halogens is 2. The average Bonchev–Trinajstić information content (AvgIpc) is 3.33. The van der Waals surface area contributed by atoms with Gasteiger partial charge < -0.3 is 5.32 Å². The van der Waals surface area contributed by atoms with E-state index in [-0.39, 0.29) is 29.0 Å². The summed E-state index contributed by atoms with van der Waals surface area (Å²) in [5.74, 6) is -4.04. The summed E-state index contributed by atoms with van der Waals surface area (Å²) >= 11 is 0. The molecule has 2 aromatic carbocycles. The number of carbonyl (C=O) groups excluding carboxylic acids is 3. The van der Waals surface area contributed by atoms with E-state index in [0.29, 0.717) is 19.2 Å². The molecule has 1 fully saturated rings. The van der Waals surface area contributed by atoms with Gasteiger partial charge in [-0.1, -0.05) is 6.07 Å². The van der Waals surface area contributed by atoms with Crippen LogP contribution in [0.4, 0.5) is 8.78 Å². The summed E-state index contributed by atoms with van der Waals surface area (Å²) in [6, 6.07) is 7.96. The van der Waals surface area contributed by atoms with Gasteiger partial charge in [-0.25, -0.2) is 17.2 Å². The molecule has 33 heavy (non-hydrogen) atoms. The van der Waals surface area contributed by atoms with E-state index in [0.717, 1.165) is 25.0 Å². The van der Waals surface area contributed by atoms with Crippen LogP contribution in [0.3, 0.4) is 0 Å². The Morgan fingerprint density at radius 2 is 1.67 bits per heavy atom. The third-order valence-corrected chi connectivity index (χ3v) is 6.82. The molecule has 1 aliphatic heterocycles. The second kappa shape index (κ2) is 10.5. The van der Waals surface area contributed by atoms with Gasteiger partial charge in [-0.2, -0.15) is 4.31 Å². The molecule has 0 aliphatic carbocycles. The van der Waals surface area contributed by atoms with Gasteiger partial charge >= 0.3 is 0 Å². The molecule has 3 N–H and O–H groups in total. The van der Waals surface area contributed by atoms with E-state index in [1.165, 1.54) is 28.6 Å². The number of amides is 3. The van der Waals surface area contributed by atoms with Crippen LogP contribution in [-0.2, 0) is 14.8 Å². The first-order valence-electron chi connectivity index (χ1n) is 10.1. The summed E-state index contributed by atoms with van der Waals surface area (Å²) < 4.78 is 53.1. The first kappa shape index (κ1) is 24.3. The number of rotatable bonds is 7. The van der Waals surface area contributed by atoms with Crippen LogP contribution in [0, 0.1) is 11.6 Å². The number of nitrogens with zero attached hydrogens (tertiary/aromatic N) is 1.